The van der Waals surface area contributed by atoms with Crippen molar-refractivity contribution < 1.29 is 14.0 Å². The summed E-state index contributed by atoms with van der Waals surface area (Å²) in [6.45, 7) is 4.72. The van der Waals surface area contributed by atoms with E-state index in [1.807, 2.05) is 54.6 Å². The van der Waals surface area contributed by atoms with Crippen molar-refractivity contribution in [2.45, 2.75) is 39.4 Å². The highest BCUT2D eigenvalue weighted by Gasteiger charge is 2.32. The average molecular weight is 488 g/mol. The smallest absolute Gasteiger partial charge is 0.247 e. The fourth-order valence-corrected chi connectivity index (χ4v) is 4.05. The Balaban J connectivity index is 1.69. The molecule has 7 nitrogen and oxygen atoms in total. The molecule has 1 N–H and O–H groups in total. The number of amides is 2. The molecule has 0 unspecified atom stereocenters. The van der Waals surface area contributed by atoms with Crippen molar-refractivity contribution in [2.75, 3.05) is 6.54 Å². The molecule has 1 atom stereocenters. The van der Waals surface area contributed by atoms with E-state index in [1.54, 1.807) is 12.1 Å². The van der Waals surface area contributed by atoms with Crippen LogP contribution in [0, 0.1) is 11.7 Å². The van der Waals surface area contributed by atoms with Gasteiger partial charge in [0.25, 0.3) is 0 Å². The fraction of sp³-hybridized carbons (Fsp3) is 0.286. The normalized spacial score (nSPS) is 12.0. The van der Waals surface area contributed by atoms with Crippen LogP contribution in [0.1, 0.15) is 37.4 Å². The highest BCUT2D eigenvalue weighted by atomic mass is 19.1. The first-order chi connectivity index (χ1) is 17.4. The van der Waals surface area contributed by atoms with Crippen molar-refractivity contribution in [2.24, 2.45) is 5.92 Å². The summed E-state index contributed by atoms with van der Waals surface area (Å²) in [5.41, 5.74) is 2.81. The molecule has 3 aromatic carbocycles. The van der Waals surface area contributed by atoms with Gasteiger partial charge in [-0.3, -0.25) is 9.59 Å². The third-order valence-corrected chi connectivity index (χ3v) is 5.99. The number of halogens is 1. The van der Waals surface area contributed by atoms with E-state index in [-0.39, 0.29) is 30.7 Å². The summed E-state index contributed by atoms with van der Waals surface area (Å²) >= 11 is 0. The largest absolute Gasteiger partial charge is 0.354 e. The molecule has 0 spiro atoms. The van der Waals surface area contributed by atoms with Crippen molar-refractivity contribution in [1.29, 1.82) is 0 Å². The lowest BCUT2D eigenvalue weighted by Gasteiger charge is -2.31. The predicted octanol–water partition coefficient (Wildman–Crippen LogP) is 4.50. The Morgan fingerprint density at radius 3 is 2.39 bits per heavy atom. The Bertz CT molecular complexity index is 1300. The number of hydrogen-bond acceptors (Lipinski definition) is 4. The van der Waals surface area contributed by atoms with Gasteiger partial charge in [0, 0.05) is 13.1 Å². The molecule has 0 fully saturated rings. The number of rotatable bonds is 10. The van der Waals surface area contributed by atoms with Crippen LogP contribution in [0.25, 0.3) is 11.0 Å². The Morgan fingerprint density at radius 2 is 1.67 bits per heavy atom. The molecular weight excluding hydrogens is 457 g/mol. The van der Waals surface area contributed by atoms with Crippen LogP contribution in [-0.2, 0) is 22.7 Å². The molecule has 186 valence electrons. The molecule has 0 aliphatic rings. The maximum Gasteiger partial charge on any atom is 0.247 e. The minimum absolute atomic E-state index is 0.0929. The van der Waals surface area contributed by atoms with Crippen molar-refractivity contribution >= 4 is 22.8 Å². The predicted molar refractivity (Wildman–Crippen MR) is 136 cm³/mol. The van der Waals surface area contributed by atoms with Crippen molar-refractivity contribution in [3.63, 3.8) is 0 Å². The molecule has 4 aromatic rings. The number of hydrogen-bond donors (Lipinski definition) is 1. The van der Waals surface area contributed by atoms with E-state index < -0.39 is 6.04 Å². The number of para-hydroxylation sites is 1. The van der Waals surface area contributed by atoms with Gasteiger partial charge in [0.15, 0.2) is 0 Å². The summed E-state index contributed by atoms with van der Waals surface area (Å²) in [6, 6.07) is 21.7. The third-order valence-electron chi connectivity index (χ3n) is 5.99. The van der Waals surface area contributed by atoms with Crippen LogP contribution in [0.3, 0.4) is 0 Å². The quantitative estimate of drug-likeness (QED) is 0.357. The topological polar surface area (TPSA) is 80.1 Å². The zero-order valence-electron chi connectivity index (χ0n) is 20.5. The van der Waals surface area contributed by atoms with Crippen LogP contribution >= 0.6 is 0 Å². The first-order valence-electron chi connectivity index (χ1n) is 12.1. The number of fused-ring (bicyclic) bond motifs is 1. The van der Waals surface area contributed by atoms with Gasteiger partial charge in [-0.1, -0.05) is 73.7 Å². The summed E-state index contributed by atoms with van der Waals surface area (Å²) in [5.74, 6) is -0.502. The molecule has 0 aliphatic heterocycles. The first-order valence-corrected chi connectivity index (χ1v) is 12.1. The lowest BCUT2D eigenvalue weighted by Crippen LogP contribution is -2.45. The average Bonchev–Trinajstić information content (AvgIpc) is 3.28. The van der Waals surface area contributed by atoms with Gasteiger partial charge in [0.2, 0.25) is 11.8 Å². The van der Waals surface area contributed by atoms with Gasteiger partial charge in [0.05, 0.1) is 5.52 Å². The van der Waals surface area contributed by atoms with Crippen molar-refractivity contribution in [3.8, 4) is 0 Å². The summed E-state index contributed by atoms with van der Waals surface area (Å²) in [4.78, 5) is 28.9. The lowest BCUT2D eigenvalue weighted by atomic mass is 10.0. The number of benzene rings is 3. The van der Waals surface area contributed by atoms with Crippen LogP contribution < -0.4 is 5.32 Å². The molecule has 0 saturated carbocycles. The fourth-order valence-electron chi connectivity index (χ4n) is 4.05. The van der Waals surface area contributed by atoms with Gasteiger partial charge < -0.3 is 10.2 Å². The maximum atomic E-state index is 13.8. The standard InChI is InChI=1S/C28H30FN5O2/c1-20(2)16-17-30-28(36)27(22-8-4-3-5-9-22)33(18-21-12-14-23(29)15-13-21)26(35)19-34-25-11-7-6-10-24(25)31-32-34/h3-15,20,27H,16-19H2,1-2H3,(H,30,36)/t27-/m1/s1. The number of carbonyl (C=O) groups excluding carboxylic acids is 2. The first kappa shape index (κ1) is 25.0. The molecule has 1 heterocycles. The Hall–Kier alpha value is -4.07. The van der Waals surface area contributed by atoms with Crippen LogP contribution in [0.5, 0.6) is 0 Å². The summed E-state index contributed by atoms with van der Waals surface area (Å²) in [5, 5.41) is 11.3. The molecule has 4 rings (SSSR count). The summed E-state index contributed by atoms with van der Waals surface area (Å²) in [7, 11) is 0. The molecule has 2 amide bonds. The van der Waals surface area contributed by atoms with E-state index in [0.29, 0.717) is 29.1 Å². The highest BCUT2D eigenvalue weighted by Crippen LogP contribution is 2.25. The molecule has 36 heavy (non-hydrogen) atoms. The second-order valence-corrected chi connectivity index (χ2v) is 9.17. The highest BCUT2D eigenvalue weighted by molar-refractivity contribution is 5.89. The summed E-state index contributed by atoms with van der Waals surface area (Å²) in [6.07, 6.45) is 0.824. The van der Waals surface area contributed by atoms with Crippen molar-refractivity contribution in [1.82, 2.24) is 25.2 Å². The Labute approximate surface area is 209 Å². The SMILES string of the molecule is CC(C)CCNC(=O)[C@@H](c1ccccc1)N(Cc1ccc(F)cc1)C(=O)Cn1nnc2ccccc21. The maximum absolute atomic E-state index is 13.8. The van der Waals surface area contributed by atoms with E-state index in [9.17, 15) is 14.0 Å². The van der Waals surface area contributed by atoms with Crippen LogP contribution in [0.4, 0.5) is 4.39 Å². The van der Waals surface area contributed by atoms with Crippen molar-refractivity contribution in [3.05, 3.63) is 95.8 Å². The molecule has 0 radical (unpaired) electrons. The van der Waals surface area contributed by atoms with Gasteiger partial charge in [-0.25, -0.2) is 9.07 Å². The molecule has 0 saturated heterocycles. The van der Waals surface area contributed by atoms with Gasteiger partial charge in [0.1, 0.15) is 23.9 Å². The van der Waals surface area contributed by atoms with E-state index in [1.165, 1.54) is 21.7 Å². The molecular formula is C28H30FN5O2. The molecule has 0 aliphatic carbocycles. The number of nitrogens with one attached hydrogen (secondary N) is 1. The number of aromatic nitrogens is 3. The monoisotopic (exact) mass is 487 g/mol. The minimum atomic E-state index is -0.870. The van der Waals surface area contributed by atoms with Gasteiger partial charge in [-0.15, -0.1) is 5.10 Å². The molecule has 8 heteroatoms. The van der Waals surface area contributed by atoms with Gasteiger partial charge in [-0.05, 0) is 47.7 Å². The lowest BCUT2D eigenvalue weighted by molar-refractivity contribution is -0.142. The van der Waals surface area contributed by atoms with Crippen LogP contribution in [-0.4, -0.2) is 38.3 Å². The molecule has 0 bridgehead atoms. The zero-order chi connectivity index (χ0) is 25.5. The minimum Gasteiger partial charge on any atom is -0.354 e. The number of carbonyl (C=O) groups is 2. The van der Waals surface area contributed by atoms with Crippen LogP contribution in [0.2, 0.25) is 0 Å². The van der Waals surface area contributed by atoms with E-state index in [2.05, 4.69) is 29.5 Å². The molecule has 1 aromatic heterocycles. The zero-order valence-corrected chi connectivity index (χ0v) is 20.5. The van der Waals surface area contributed by atoms with E-state index >= 15 is 0 Å². The van der Waals surface area contributed by atoms with Gasteiger partial charge >= 0.3 is 0 Å². The summed E-state index contributed by atoms with van der Waals surface area (Å²) < 4.78 is 15.1. The second kappa shape index (κ2) is 11.6. The Kier molecular flexibility index (Phi) is 8.05. The Morgan fingerprint density at radius 1 is 0.972 bits per heavy atom. The van der Waals surface area contributed by atoms with E-state index in [4.69, 9.17) is 0 Å². The van der Waals surface area contributed by atoms with Gasteiger partial charge in [-0.2, -0.15) is 0 Å². The second-order valence-electron chi connectivity index (χ2n) is 9.17. The number of nitrogens with zero attached hydrogens (tertiary/aromatic N) is 4. The third kappa shape index (κ3) is 6.13. The van der Waals surface area contributed by atoms with E-state index in [0.717, 1.165) is 11.9 Å². The van der Waals surface area contributed by atoms with Crippen LogP contribution in [0.15, 0.2) is 78.9 Å².